The molecule has 2 heterocycles. The largest absolute Gasteiger partial charge is 0.347 e. The predicted octanol–water partition coefficient (Wildman–Crippen LogP) is 2.48. The normalized spacial score (nSPS) is 23.1. The number of hydrogen-bond acceptors (Lipinski definition) is 6. The molecule has 2 saturated heterocycles. The fraction of sp³-hybridized carbons (Fsp3) is 0.650. The highest BCUT2D eigenvalue weighted by molar-refractivity contribution is 7.86. The number of piperidine rings is 1. The second-order valence-corrected chi connectivity index (χ2v) is 9.58. The van der Waals surface area contributed by atoms with Crippen LogP contribution in [0.5, 0.6) is 0 Å². The van der Waals surface area contributed by atoms with Crippen molar-refractivity contribution in [3.63, 3.8) is 0 Å². The first-order valence-electron chi connectivity index (χ1n) is 9.73. The average Bonchev–Trinajstić information content (AvgIpc) is 3.02. The third kappa shape index (κ3) is 5.31. The standard InChI is InChI=1S/C20H29NO6S/c1-15-4-6-17(7-5-15)28(23,24)26-13-10-16-8-11-21(12-9-16)19(22)18-14-25-20(2,3)27-18/h4-7,16,18H,8-14H2,1-3H3. The number of benzene rings is 1. The maximum absolute atomic E-state index is 12.5. The second-order valence-electron chi connectivity index (χ2n) is 7.96. The van der Waals surface area contributed by atoms with Crippen LogP contribution in [0.15, 0.2) is 29.2 Å². The van der Waals surface area contributed by atoms with Crippen molar-refractivity contribution in [3.05, 3.63) is 29.8 Å². The zero-order chi connectivity index (χ0) is 20.4. The number of ether oxygens (including phenoxy) is 2. The number of rotatable bonds is 6. The van der Waals surface area contributed by atoms with E-state index in [2.05, 4.69) is 0 Å². The maximum atomic E-state index is 12.5. The molecule has 7 nitrogen and oxygen atoms in total. The molecule has 1 aromatic carbocycles. The second kappa shape index (κ2) is 8.49. The maximum Gasteiger partial charge on any atom is 0.296 e. The predicted molar refractivity (Wildman–Crippen MR) is 103 cm³/mol. The van der Waals surface area contributed by atoms with Crippen molar-refractivity contribution in [1.82, 2.24) is 4.90 Å². The molecule has 0 saturated carbocycles. The molecule has 2 fully saturated rings. The monoisotopic (exact) mass is 411 g/mol. The highest BCUT2D eigenvalue weighted by atomic mass is 32.2. The fourth-order valence-electron chi connectivity index (χ4n) is 3.55. The summed E-state index contributed by atoms with van der Waals surface area (Å²) < 4.78 is 40.8. The van der Waals surface area contributed by atoms with Crippen molar-refractivity contribution in [2.45, 2.75) is 56.8 Å². The summed E-state index contributed by atoms with van der Waals surface area (Å²) in [5, 5.41) is 0. The summed E-state index contributed by atoms with van der Waals surface area (Å²) in [7, 11) is -3.72. The minimum absolute atomic E-state index is 0.0257. The van der Waals surface area contributed by atoms with Gasteiger partial charge in [0.15, 0.2) is 11.9 Å². The minimum Gasteiger partial charge on any atom is -0.347 e. The van der Waals surface area contributed by atoms with E-state index in [1.54, 1.807) is 38.1 Å². The van der Waals surface area contributed by atoms with Gasteiger partial charge in [-0.25, -0.2) is 0 Å². The van der Waals surface area contributed by atoms with E-state index in [0.29, 0.717) is 25.4 Å². The Morgan fingerprint density at radius 2 is 1.86 bits per heavy atom. The third-order valence-corrected chi connectivity index (χ3v) is 6.61. The summed E-state index contributed by atoms with van der Waals surface area (Å²) in [4.78, 5) is 14.5. The van der Waals surface area contributed by atoms with Gasteiger partial charge in [0.05, 0.1) is 18.1 Å². The summed E-state index contributed by atoms with van der Waals surface area (Å²) in [5.41, 5.74) is 0.999. The van der Waals surface area contributed by atoms with E-state index in [1.165, 1.54) is 0 Å². The Labute approximate surface area is 167 Å². The molecule has 0 aromatic heterocycles. The van der Waals surface area contributed by atoms with Crippen LogP contribution in [0.4, 0.5) is 0 Å². The summed E-state index contributed by atoms with van der Waals surface area (Å²) in [6.07, 6.45) is 1.78. The molecule has 1 amide bonds. The molecule has 8 heteroatoms. The van der Waals surface area contributed by atoms with Gasteiger partial charge in [0.25, 0.3) is 16.0 Å². The van der Waals surface area contributed by atoms with Crippen molar-refractivity contribution in [1.29, 1.82) is 0 Å². The number of amides is 1. The molecule has 156 valence electrons. The molecule has 0 radical (unpaired) electrons. The van der Waals surface area contributed by atoms with Crippen LogP contribution in [0.1, 0.15) is 38.7 Å². The Balaban J connectivity index is 1.41. The average molecular weight is 412 g/mol. The minimum atomic E-state index is -3.72. The van der Waals surface area contributed by atoms with Crippen LogP contribution in [0, 0.1) is 12.8 Å². The van der Waals surface area contributed by atoms with E-state index < -0.39 is 22.0 Å². The van der Waals surface area contributed by atoms with Crippen LogP contribution in [0.2, 0.25) is 0 Å². The van der Waals surface area contributed by atoms with Gasteiger partial charge in [0.1, 0.15) is 0 Å². The Kier molecular flexibility index (Phi) is 6.44. The first kappa shape index (κ1) is 21.2. The summed E-state index contributed by atoms with van der Waals surface area (Å²) in [6, 6.07) is 6.63. The molecule has 0 bridgehead atoms. The highest BCUT2D eigenvalue weighted by Gasteiger charge is 2.39. The van der Waals surface area contributed by atoms with Crippen LogP contribution in [-0.4, -0.2) is 57.4 Å². The highest BCUT2D eigenvalue weighted by Crippen LogP contribution is 2.26. The smallest absolute Gasteiger partial charge is 0.296 e. The van der Waals surface area contributed by atoms with E-state index >= 15 is 0 Å². The van der Waals surface area contributed by atoms with Gasteiger partial charge in [-0.15, -0.1) is 0 Å². The van der Waals surface area contributed by atoms with Crippen molar-refractivity contribution in [2.24, 2.45) is 5.92 Å². The lowest BCUT2D eigenvalue weighted by Gasteiger charge is -2.33. The number of carbonyl (C=O) groups is 1. The quantitative estimate of drug-likeness (QED) is 0.669. The van der Waals surface area contributed by atoms with Gasteiger partial charge in [0.2, 0.25) is 0 Å². The van der Waals surface area contributed by atoms with Crippen molar-refractivity contribution in [2.75, 3.05) is 26.3 Å². The van der Waals surface area contributed by atoms with Gasteiger partial charge in [-0.1, -0.05) is 17.7 Å². The van der Waals surface area contributed by atoms with Crippen molar-refractivity contribution < 1.29 is 26.9 Å². The Morgan fingerprint density at radius 3 is 2.43 bits per heavy atom. The number of carbonyl (C=O) groups excluding carboxylic acids is 1. The molecule has 0 aliphatic carbocycles. The van der Waals surface area contributed by atoms with E-state index in [1.807, 2.05) is 11.8 Å². The Bertz CT molecular complexity index is 781. The first-order chi connectivity index (χ1) is 13.2. The fourth-order valence-corrected chi connectivity index (χ4v) is 4.47. The first-order valence-corrected chi connectivity index (χ1v) is 11.1. The molecule has 1 aromatic rings. The molecule has 0 spiro atoms. The molecule has 28 heavy (non-hydrogen) atoms. The van der Waals surface area contributed by atoms with Gasteiger partial charge in [-0.3, -0.25) is 8.98 Å². The van der Waals surface area contributed by atoms with Crippen LogP contribution in [-0.2, 0) is 28.6 Å². The van der Waals surface area contributed by atoms with Gasteiger partial charge in [-0.05, 0) is 58.1 Å². The molecule has 3 rings (SSSR count). The van der Waals surface area contributed by atoms with Crippen LogP contribution in [0.25, 0.3) is 0 Å². The number of likely N-dealkylation sites (tertiary alicyclic amines) is 1. The Morgan fingerprint density at radius 1 is 1.21 bits per heavy atom. The SMILES string of the molecule is Cc1ccc(S(=O)(=O)OCCC2CCN(C(=O)C3COC(C)(C)O3)CC2)cc1. The zero-order valence-electron chi connectivity index (χ0n) is 16.7. The van der Waals surface area contributed by atoms with Gasteiger partial charge in [-0.2, -0.15) is 8.42 Å². The zero-order valence-corrected chi connectivity index (χ0v) is 17.5. The summed E-state index contributed by atoms with van der Waals surface area (Å²) in [5.74, 6) is -0.393. The van der Waals surface area contributed by atoms with E-state index in [-0.39, 0.29) is 24.0 Å². The molecular formula is C20H29NO6S. The summed E-state index contributed by atoms with van der Waals surface area (Å²) >= 11 is 0. The van der Waals surface area contributed by atoms with E-state index in [4.69, 9.17) is 13.7 Å². The topological polar surface area (TPSA) is 82.1 Å². The molecule has 1 atom stereocenters. The molecular weight excluding hydrogens is 382 g/mol. The van der Waals surface area contributed by atoms with Gasteiger partial charge < -0.3 is 14.4 Å². The van der Waals surface area contributed by atoms with Crippen molar-refractivity contribution >= 4 is 16.0 Å². The number of nitrogens with zero attached hydrogens (tertiary/aromatic N) is 1. The Hall–Kier alpha value is -1.48. The molecule has 1 unspecified atom stereocenters. The number of hydrogen-bond donors (Lipinski definition) is 0. The van der Waals surface area contributed by atoms with Crippen molar-refractivity contribution in [3.8, 4) is 0 Å². The van der Waals surface area contributed by atoms with Gasteiger partial charge in [0, 0.05) is 13.1 Å². The summed E-state index contributed by atoms with van der Waals surface area (Å²) in [6.45, 7) is 7.25. The van der Waals surface area contributed by atoms with Crippen LogP contribution in [0.3, 0.4) is 0 Å². The lowest BCUT2D eigenvalue weighted by molar-refractivity contribution is -0.161. The molecule has 2 aliphatic heterocycles. The lowest BCUT2D eigenvalue weighted by atomic mass is 9.94. The molecule has 2 aliphatic rings. The van der Waals surface area contributed by atoms with Crippen LogP contribution >= 0.6 is 0 Å². The molecule has 0 N–H and O–H groups in total. The van der Waals surface area contributed by atoms with Gasteiger partial charge >= 0.3 is 0 Å². The van der Waals surface area contributed by atoms with Crippen LogP contribution < -0.4 is 0 Å². The third-order valence-electron chi connectivity index (χ3n) is 5.28. The van der Waals surface area contributed by atoms with E-state index in [0.717, 1.165) is 18.4 Å². The number of aryl methyl sites for hydroxylation is 1. The van der Waals surface area contributed by atoms with E-state index in [9.17, 15) is 13.2 Å². The lowest BCUT2D eigenvalue weighted by Crippen LogP contribution is -2.45.